The van der Waals surface area contributed by atoms with Crippen LogP contribution in [0.2, 0.25) is 0 Å². The van der Waals surface area contributed by atoms with Crippen molar-refractivity contribution in [2.75, 3.05) is 0 Å². The van der Waals surface area contributed by atoms with Crippen LogP contribution >= 0.6 is 0 Å². The number of aryl methyl sites for hydroxylation is 1. The quantitative estimate of drug-likeness (QED) is 0.748. The predicted molar refractivity (Wildman–Crippen MR) is 66.7 cm³/mol. The maximum Gasteiger partial charge on any atom is 0.247 e. The number of hydrogen-bond acceptors (Lipinski definition) is 4. The van der Waals surface area contributed by atoms with Crippen LogP contribution in [0.4, 0.5) is 0 Å². The average Bonchev–Trinajstić information content (AvgIpc) is 2.73. The van der Waals surface area contributed by atoms with Crippen molar-refractivity contribution in [3.63, 3.8) is 0 Å². The molecule has 0 unspecified atom stereocenters. The lowest BCUT2D eigenvalue weighted by Gasteiger charge is -2.05. The average molecular weight is 241 g/mol. The Morgan fingerprint density at radius 3 is 2.94 bits per heavy atom. The highest BCUT2D eigenvalue weighted by Gasteiger charge is 2.09. The van der Waals surface area contributed by atoms with E-state index in [1.807, 2.05) is 17.7 Å². The second kappa shape index (κ2) is 4.03. The molecule has 2 aromatic heterocycles. The fourth-order valence-corrected chi connectivity index (χ4v) is 1.77. The first-order valence-corrected chi connectivity index (χ1v) is 5.47. The number of aromatic hydroxyl groups is 1. The number of hydrogen-bond donors (Lipinski definition) is 1. The van der Waals surface area contributed by atoms with Crippen LogP contribution in [0.1, 0.15) is 0 Å². The van der Waals surface area contributed by atoms with Crippen molar-refractivity contribution in [2.24, 2.45) is 7.05 Å². The van der Waals surface area contributed by atoms with E-state index in [0.29, 0.717) is 17.1 Å². The Hall–Kier alpha value is -2.56. The van der Waals surface area contributed by atoms with Gasteiger partial charge in [0, 0.05) is 19.3 Å². The summed E-state index contributed by atoms with van der Waals surface area (Å²) in [6, 6.07) is 8.45. The number of fused-ring (bicyclic) bond motifs is 1. The molecule has 0 aliphatic carbocycles. The standard InChI is InChI=1S/C13H11N3O2/c1-16-8-15-12-11(16)5-6-14-13(12)18-10-4-2-3-9(17)7-10/h2-8,17H,1H3. The van der Waals surface area contributed by atoms with E-state index < -0.39 is 0 Å². The fraction of sp³-hybridized carbons (Fsp3) is 0.0769. The summed E-state index contributed by atoms with van der Waals surface area (Å²) in [7, 11) is 1.91. The Balaban J connectivity index is 2.05. The molecule has 5 nitrogen and oxygen atoms in total. The van der Waals surface area contributed by atoms with Gasteiger partial charge in [0.05, 0.1) is 11.8 Å². The number of nitrogens with zero attached hydrogens (tertiary/aromatic N) is 3. The molecule has 0 bridgehead atoms. The summed E-state index contributed by atoms with van der Waals surface area (Å²) in [5, 5.41) is 9.39. The minimum absolute atomic E-state index is 0.153. The van der Waals surface area contributed by atoms with Gasteiger partial charge in [-0.05, 0) is 18.2 Å². The van der Waals surface area contributed by atoms with Gasteiger partial charge in [-0.25, -0.2) is 9.97 Å². The third kappa shape index (κ3) is 1.75. The van der Waals surface area contributed by atoms with Gasteiger partial charge in [0.1, 0.15) is 11.5 Å². The highest BCUT2D eigenvalue weighted by atomic mass is 16.5. The van der Waals surface area contributed by atoms with Crippen LogP contribution in [0.15, 0.2) is 42.9 Å². The molecule has 5 heteroatoms. The molecule has 0 aliphatic heterocycles. The molecule has 1 N–H and O–H groups in total. The van der Waals surface area contributed by atoms with Crippen LogP contribution in [0, 0.1) is 0 Å². The molecule has 90 valence electrons. The first-order chi connectivity index (χ1) is 8.74. The molecule has 18 heavy (non-hydrogen) atoms. The molecular weight excluding hydrogens is 230 g/mol. The van der Waals surface area contributed by atoms with E-state index in [1.165, 1.54) is 6.07 Å². The Morgan fingerprint density at radius 2 is 2.11 bits per heavy atom. The number of benzene rings is 1. The normalized spacial score (nSPS) is 10.7. The SMILES string of the molecule is Cn1cnc2c(Oc3cccc(O)c3)nccc21. The Bertz CT molecular complexity index is 706. The van der Waals surface area contributed by atoms with Gasteiger partial charge >= 0.3 is 0 Å². The lowest BCUT2D eigenvalue weighted by atomic mass is 10.3. The van der Waals surface area contributed by atoms with Crippen LogP contribution in [-0.2, 0) is 7.05 Å². The van der Waals surface area contributed by atoms with Crippen LogP contribution in [-0.4, -0.2) is 19.6 Å². The molecule has 3 rings (SSSR count). The fourth-order valence-electron chi connectivity index (χ4n) is 1.77. The van der Waals surface area contributed by atoms with Crippen molar-refractivity contribution in [3.05, 3.63) is 42.9 Å². The van der Waals surface area contributed by atoms with Gasteiger partial charge in [-0.3, -0.25) is 0 Å². The largest absolute Gasteiger partial charge is 0.508 e. The number of rotatable bonds is 2. The Morgan fingerprint density at radius 1 is 1.22 bits per heavy atom. The van der Waals surface area contributed by atoms with Gasteiger partial charge < -0.3 is 14.4 Å². The summed E-state index contributed by atoms with van der Waals surface area (Å²) < 4.78 is 7.53. The van der Waals surface area contributed by atoms with E-state index in [0.717, 1.165) is 5.52 Å². The zero-order valence-electron chi connectivity index (χ0n) is 9.74. The first-order valence-electron chi connectivity index (χ1n) is 5.47. The maximum atomic E-state index is 9.39. The molecule has 0 spiro atoms. The highest BCUT2D eigenvalue weighted by Crippen LogP contribution is 2.27. The number of imidazole rings is 1. The van der Waals surface area contributed by atoms with Crippen molar-refractivity contribution in [2.45, 2.75) is 0 Å². The monoisotopic (exact) mass is 241 g/mol. The number of ether oxygens (including phenoxy) is 1. The number of phenols is 1. The molecule has 2 heterocycles. The van der Waals surface area contributed by atoms with Crippen molar-refractivity contribution in [1.29, 1.82) is 0 Å². The van der Waals surface area contributed by atoms with Crippen LogP contribution < -0.4 is 4.74 Å². The van der Waals surface area contributed by atoms with E-state index in [9.17, 15) is 5.11 Å². The molecular formula is C13H11N3O2. The molecule has 1 aromatic carbocycles. The van der Waals surface area contributed by atoms with Gasteiger partial charge in [-0.1, -0.05) is 6.07 Å². The van der Waals surface area contributed by atoms with Crippen molar-refractivity contribution >= 4 is 11.0 Å². The molecule has 0 saturated carbocycles. The van der Waals surface area contributed by atoms with Crippen molar-refractivity contribution in [3.8, 4) is 17.4 Å². The van der Waals surface area contributed by atoms with E-state index in [4.69, 9.17) is 4.74 Å². The summed E-state index contributed by atoms with van der Waals surface area (Å²) in [4.78, 5) is 8.42. The van der Waals surface area contributed by atoms with E-state index >= 15 is 0 Å². The third-order valence-corrected chi connectivity index (χ3v) is 2.64. The Labute approximate surface area is 103 Å². The Kier molecular flexibility index (Phi) is 2.37. The van der Waals surface area contributed by atoms with Gasteiger partial charge in [0.2, 0.25) is 5.88 Å². The van der Waals surface area contributed by atoms with Crippen molar-refractivity contribution in [1.82, 2.24) is 14.5 Å². The summed E-state index contributed by atoms with van der Waals surface area (Å²) in [5.74, 6) is 1.11. The topological polar surface area (TPSA) is 60.2 Å². The lowest BCUT2D eigenvalue weighted by molar-refractivity contribution is 0.448. The van der Waals surface area contributed by atoms with Crippen LogP contribution in [0.5, 0.6) is 17.4 Å². The minimum Gasteiger partial charge on any atom is -0.508 e. The number of pyridine rings is 1. The molecule has 3 aromatic rings. The van der Waals surface area contributed by atoms with E-state index in [1.54, 1.807) is 30.7 Å². The molecule has 0 atom stereocenters. The number of phenolic OH excluding ortho intramolecular Hbond substituents is 1. The number of aromatic nitrogens is 3. The van der Waals surface area contributed by atoms with Gasteiger partial charge in [0.25, 0.3) is 0 Å². The van der Waals surface area contributed by atoms with Crippen molar-refractivity contribution < 1.29 is 9.84 Å². The molecule has 0 aliphatic rings. The van der Waals surface area contributed by atoms with Gasteiger partial charge in [-0.2, -0.15) is 0 Å². The van der Waals surface area contributed by atoms with Crippen LogP contribution in [0.3, 0.4) is 0 Å². The van der Waals surface area contributed by atoms with Gasteiger partial charge in [-0.15, -0.1) is 0 Å². The molecule has 0 saturated heterocycles. The molecule has 0 fully saturated rings. The summed E-state index contributed by atoms with van der Waals surface area (Å²) in [5.41, 5.74) is 1.64. The zero-order valence-corrected chi connectivity index (χ0v) is 9.74. The second-order valence-electron chi connectivity index (χ2n) is 3.94. The third-order valence-electron chi connectivity index (χ3n) is 2.64. The molecule has 0 amide bonds. The second-order valence-corrected chi connectivity index (χ2v) is 3.94. The zero-order chi connectivity index (χ0) is 12.5. The van der Waals surface area contributed by atoms with Gasteiger partial charge in [0.15, 0.2) is 5.52 Å². The highest BCUT2D eigenvalue weighted by molar-refractivity contribution is 5.80. The minimum atomic E-state index is 0.153. The van der Waals surface area contributed by atoms with Crippen LogP contribution in [0.25, 0.3) is 11.0 Å². The maximum absolute atomic E-state index is 9.39. The van der Waals surface area contributed by atoms with E-state index in [-0.39, 0.29) is 5.75 Å². The smallest absolute Gasteiger partial charge is 0.247 e. The predicted octanol–water partition coefficient (Wildman–Crippen LogP) is 2.47. The first kappa shape index (κ1) is 10.6. The summed E-state index contributed by atoms with van der Waals surface area (Å²) in [6.45, 7) is 0. The lowest BCUT2D eigenvalue weighted by Crippen LogP contribution is -1.90. The summed E-state index contributed by atoms with van der Waals surface area (Å²) >= 11 is 0. The van der Waals surface area contributed by atoms with E-state index in [2.05, 4.69) is 9.97 Å². The molecule has 0 radical (unpaired) electrons. The summed E-state index contributed by atoms with van der Waals surface area (Å²) in [6.07, 6.45) is 3.38.